The normalized spacial score (nSPS) is 28.6. The molecule has 0 heterocycles. The summed E-state index contributed by atoms with van der Waals surface area (Å²) in [5.41, 5.74) is -0.208. The number of amides is 1. The summed E-state index contributed by atoms with van der Waals surface area (Å²) < 4.78 is 9.42. The monoisotopic (exact) mass is 257 g/mol. The molecule has 104 valence electrons. The van der Waals surface area contributed by atoms with Gasteiger partial charge in [-0.1, -0.05) is 20.3 Å². The van der Waals surface area contributed by atoms with Crippen molar-refractivity contribution in [3.63, 3.8) is 0 Å². The van der Waals surface area contributed by atoms with E-state index in [1.807, 2.05) is 6.92 Å². The van der Waals surface area contributed by atoms with Gasteiger partial charge in [0.2, 0.25) is 0 Å². The van der Waals surface area contributed by atoms with Crippen molar-refractivity contribution < 1.29 is 19.1 Å². The molecule has 3 atom stereocenters. The van der Waals surface area contributed by atoms with Crippen molar-refractivity contribution in [2.24, 2.45) is 17.3 Å². The van der Waals surface area contributed by atoms with Crippen molar-refractivity contribution in [2.45, 2.75) is 33.1 Å². The van der Waals surface area contributed by atoms with Gasteiger partial charge in [0.1, 0.15) is 0 Å². The van der Waals surface area contributed by atoms with E-state index in [0.29, 0.717) is 12.5 Å². The van der Waals surface area contributed by atoms with Crippen LogP contribution in [0, 0.1) is 17.3 Å². The molecule has 1 aliphatic rings. The SMILES string of the molecule is COC(=O)NC[C@]1(C(C)C(=O)OC)CC[C@@H](C)C1. The first-order valence-corrected chi connectivity index (χ1v) is 6.35. The molecule has 1 unspecified atom stereocenters. The molecule has 18 heavy (non-hydrogen) atoms. The Morgan fingerprint density at radius 2 is 2.06 bits per heavy atom. The third-order valence-corrected chi connectivity index (χ3v) is 4.13. The van der Waals surface area contributed by atoms with Crippen LogP contribution in [-0.4, -0.2) is 32.8 Å². The minimum atomic E-state index is -0.453. The van der Waals surface area contributed by atoms with Gasteiger partial charge in [0.05, 0.1) is 20.1 Å². The van der Waals surface area contributed by atoms with Gasteiger partial charge in [0.15, 0.2) is 0 Å². The fraction of sp³-hybridized carbons (Fsp3) is 0.846. The summed E-state index contributed by atoms with van der Waals surface area (Å²) in [4.78, 5) is 23.0. The maximum absolute atomic E-state index is 11.8. The third kappa shape index (κ3) is 3.15. The highest BCUT2D eigenvalue weighted by atomic mass is 16.5. The van der Waals surface area contributed by atoms with Crippen molar-refractivity contribution in [3.05, 3.63) is 0 Å². The van der Waals surface area contributed by atoms with Gasteiger partial charge in [0, 0.05) is 12.0 Å². The van der Waals surface area contributed by atoms with Gasteiger partial charge in [-0.3, -0.25) is 4.79 Å². The van der Waals surface area contributed by atoms with E-state index in [2.05, 4.69) is 17.0 Å². The number of esters is 1. The van der Waals surface area contributed by atoms with Gasteiger partial charge in [-0.25, -0.2) is 4.79 Å². The zero-order valence-electron chi connectivity index (χ0n) is 11.6. The van der Waals surface area contributed by atoms with Crippen molar-refractivity contribution >= 4 is 12.1 Å². The summed E-state index contributed by atoms with van der Waals surface area (Å²) in [6.07, 6.45) is 2.47. The Kier molecular flexibility index (Phi) is 4.99. The fourth-order valence-corrected chi connectivity index (χ4v) is 2.89. The molecule has 0 aromatic carbocycles. The van der Waals surface area contributed by atoms with E-state index in [1.54, 1.807) is 0 Å². The van der Waals surface area contributed by atoms with Crippen LogP contribution in [-0.2, 0) is 14.3 Å². The van der Waals surface area contributed by atoms with Gasteiger partial charge >= 0.3 is 12.1 Å². The van der Waals surface area contributed by atoms with Gasteiger partial charge in [-0.15, -0.1) is 0 Å². The lowest BCUT2D eigenvalue weighted by Gasteiger charge is -2.34. The van der Waals surface area contributed by atoms with Gasteiger partial charge in [0.25, 0.3) is 0 Å². The second kappa shape index (κ2) is 6.07. The summed E-state index contributed by atoms with van der Waals surface area (Å²) in [6.45, 7) is 4.51. The van der Waals surface area contributed by atoms with Crippen molar-refractivity contribution in [2.75, 3.05) is 20.8 Å². The Bertz CT molecular complexity index is 318. The van der Waals surface area contributed by atoms with Crippen LogP contribution in [0.2, 0.25) is 0 Å². The molecular formula is C13H23NO4. The minimum absolute atomic E-state index is 0.208. The van der Waals surface area contributed by atoms with Gasteiger partial charge in [-0.2, -0.15) is 0 Å². The second-order valence-electron chi connectivity index (χ2n) is 5.30. The lowest BCUT2D eigenvalue weighted by Crippen LogP contribution is -2.43. The van der Waals surface area contributed by atoms with E-state index in [9.17, 15) is 9.59 Å². The second-order valence-corrected chi connectivity index (χ2v) is 5.30. The zero-order chi connectivity index (χ0) is 13.8. The summed E-state index contributed by atoms with van der Waals surface area (Å²) in [5, 5.41) is 2.73. The van der Waals surface area contributed by atoms with Crippen LogP contribution >= 0.6 is 0 Å². The molecule has 1 rings (SSSR count). The molecular weight excluding hydrogens is 234 g/mol. The van der Waals surface area contributed by atoms with E-state index < -0.39 is 6.09 Å². The standard InChI is InChI=1S/C13H23NO4/c1-9-5-6-13(7-9,8-14-12(16)18-4)10(2)11(15)17-3/h9-10H,5-8H2,1-4H3,(H,14,16)/t9-,10?,13+/m1/s1. The third-order valence-electron chi connectivity index (χ3n) is 4.13. The molecule has 0 bridgehead atoms. The van der Waals surface area contributed by atoms with Crippen molar-refractivity contribution in [1.82, 2.24) is 5.32 Å². The zero-order valence-corrected chi connectivity index (χ0v) is 11.6. The maximum atomic E-state index is 11.8. The molecule has 1 amide bonds. The number of rotatable bonds is 4. The molecule has 1 aliphatic carbocycles. The Morgan fingerprint density at radius 3 is 2.50 bits per heavy atom. The van der Waals surface area contributed by atoms with Gasteiger partial charge < -0.3 is 14.8 Å². The predicted molar refractivity (Wildman–Crippen MR) is 67.0 cm³/mol. The van der Waals surface area contributed by atoms with Crippen LogP contribution in [0.15, 0.2) is 0 Å². The molecule has 1 N–H and O–H groups in total. The first-order chi connectivity index (χ1) is 8.45. The Labute approximate surface area is 108 Å². The number of carbonyl (C=O) groups excluding carboxylic acids is 2. The highest BCUT2D eigenvalue weighted by Crippen LogP contribution is 2.47. The minimum Gasteiger partial charge on any atom is -0.469 e. The average molecular weight is 257 g/mol. The van der Waals surface area contributed by atoms with Crippen LogP contribution in [0.3, 0.4) is 0 Å². The summed E-state index contributed by atoms with van der Waals surface area (Å²) in [7, 11) is 2.74. The van der Waals surface area contributed by atoms with Crippen LogP contribution in [0.25, 0.3) is 0 Å². The van der Waals surface area contributed by atoms with Crippen molar-refractivity contribution in [1.29, 1.82) is 0 Å². The molecule has 0 saturated heterocycles. The topological polar surface area (TPSA) is 64.6 Å². The quantitative estimate of drug-likeness (QED) is 0.782. The lowest BCUT2D eigenvalue weighted by molar-refractivity contribution is -0.149. The smallest absolute Gasteiger partial charge is 0.406 e. The number of methoxy groups -OCH3 is 2. The number of ether oxygens (including phenoxy) is 2. The van der Waals surface area contributed by atoms with Crippen molar-refractivity contribution in [3.8, 4) is 0 Å². The largest absolute Gasteiger partial charge is 0.469 e. The van der Waals surface area contributed by atoms with Crippen LogP contribution in [0.4, 0.5) is 4.79 Å². The number of hydrogen-bond acceptors (Lipinski definition) is 4. The molecule has 0 aliphatic heterocycles. The summed E-state index contributed by atoms with van der Waals surface area (Å²) >= 11 is 0. The number of alkyl carbamates (subject to hydrolysis) is 1. The Morgan fingerprint density at radius 1 is 1.39 bits per heavy atom. The van der Waals surface area contributed by atoms with Crippen LogP contribution in [0.1, 0.15) is 33.1 Å². The van der Waals surface area contributed by atoms with Gasteiger partial charge in [-0.05, 0) is 18.8 Å². The Balaban J connectivity index is 2.76. The lowest BCUT2D eigenvalue weighted by atomic mass is 9.74. The van der Waals surface area contributed by atoms with E-state index in [0.717, 1.165) is 19.3 Å². The number of hydrogen-bond donors (Lipinski definition) is 1. The molecule has 1 saturated carbocycles. The molecule has 5 heteroatoms. The highest BCUT2D eigenvalue weighted by Gasteiger charge is 2.45. The summed E-state index contributed by atoms with van der Waals surface area (Å²) in [5.74, 6) is 0.136. The van der Waals surface area contributed by atoms with E-state index in [-0.39, 0.29) is 17.3 Å². The molecule has 0 aromatic heterocycles. The Hall–Kier alpha value is -1.26. The predicted octanol–water partition coefficient (Wildman–Crippen LogP) is 1.96. The van der Waals surface area contributed by atoms with Crippen LogP contribution in [0.5, 0.6) is 0 Å². The van der Waals surface area contributed by atoms with Crippen LogP contribution < -0.4 is 5.32 Å². The van der Waals surface area contributed by atoms with E-state index >= 15 is 0 Å². The maximum Gasteiger partial charge on any atom is 0.406 e. The first kappa shape index (κ1) is 14.8. The first-order valence-electron chi connectivity index (χ1n) is 6.35. The average Bonchev–Trinajstić information content (AvgIpc) is 2.76. The molecule has 0 aromatic rings. The number of nitrogens with one attached hydrogen (secondary N) is 1. The van der Waals surface area contributed by atoms with E-state index in [1.165, 1.54) is 14.2 Å². The summed E-state index contributed by atoms with van der Waals surface area (Å²) in [6, 6.07) is 0. The molecule has 0 spiro atoms. The van der Waals surface area contributed by atoms with E-state index in [4.69, 9.17) is 4.74 Å². The molecule has 0 radical (unpaired) electrons. The fourth-order valence-electron chi connectivity index (χ4n) is 2.89. The number of carbonyl (C=O) groups is 2. The molecule has 5 nitrogen and oxygen atoms in total. The molecule has 1 fully saturated rings. The highest BCUT2D eigenvalue weighted by molar-refractivity contribution is 5.73.